The number of benzene rings is 2. The van der Waals surface area contributed by atoms with Gasteiger partial charge in [-0.1, -0.05) is 12.1 Å². The third-order valence-electron chi connectivity index (χ3n) is 3.66. The third kappa shape index (κ3) is 6.26. The zero-order chi connectivity index (χ0) is 20.2. The van der Waals surface area contributed by atoms with Crippen LogP contribution in [-0.4, -0.2) is 47.0 Å². The molecule has 0 fully saturated rings. The van der Waals surface area contributed by atoms with E-state index in [1.165, 1.54) is 28.6 Å². The predicted molar refractivity (Wildman–Crippen MR) is 104 cm³/mol. The smallest absolute Gasteiger partial charge is 0.335 e. The molecule has 0 unspecified atom stereocenters. The van der Waals surface area contributed by atoms with Crippen LogP contribution in [0.3, 0.4) is 0 Å². The van der Waals surface area contributed by atoms with Crippen LogP contribution < -0.4 is 9.03 Å². The van der Waals surface area contributed by atoms with Crippen molar-refractivity contribution in [2.75, 3.05) is 28.1 Å². The quantitative estimate of drug-likeness (QED) is 0.682. The molecule has 0 aliphatic heterocycles. The summed E-state index contributed by atoms with van der Waals surface area (Å²) in [5.41, 5.74) is 1.69. The minimum atomic E-state index is -3.56. The lowest BCUT2D eigenvalue weighted by atomic mass is 10.1. The molecular formula is C17H20N2O6S2. The van der Waals surface area contributed by atoms with Gasteiger partial charge in [0.05, 0.1) is 23.8 Å². The van der Waals surface area contributed by atoms with Gasteiger partial charge < -0.3 is 5.11 Å². The Morgan fingerprint density at radius 2 is 1.52 bits per heavy atom. The van der Waals surface area contributed by atoms with E-state index in [0.29, 0.717) is 17.8 Å². The van der Waals surface area contributed by atoms with Gasteiger partial charge in [-0.2, -0.15) is 0 Å². The molecule has 0 aliphatic rings. The second-order valence-corrected chi connectivity index (χ2v) is 9.66. The molecule has 0 heterocycles. The lowest BCUT2D eigenvalue weighted by Gasteiger charge is -2.22. The molecule has 0 spiro atoms. The van der Waals surface area contributed by atoms with Gasteiger partial charge in [0.2, 0.25) is 20.0 Å². The highest BCUT2D eigenvalue weighted by Gasteiger charge is 2.17. The van der Waals surface area contributed by atoms with Crippen LogP contribution in [0.1, 0.15) is 15.9 Å². The van der Waals surface area contributed by atoms with Crippen molar-refractivity contribution in [3.05, 3.63) is 59.7 Å². The number of hydrogen-bond donors (Lipinski definition) is 2. The first-order valence-electron chi connectivity index (χ1n) is 7.83. The van der Waals surface area contributed by atoms with Crippen molar-refractivity contribution < 1.29 is 26.7 Å². The van der Waals surface area contributed by atoms with E-state index >= 15 is 0 Å². The molecule has 0 saturated carbocycles. The first-order chi connectivity index (χ1) is 12.5. The molecule has 2 aromatic rings. The van der Waals surface area contributed by atoms with Gasteiger partial charge in [0.15, 0.2) is 0 Å². The average Bonchev–Trinajstić information content (AvgIpc) is 2.54. The molecule has 27 heavy (non-hydrogen) atoms. The topological polar surface area (TPSA) is 121 Å². The van der Waals surface area contributed by atoms with Crippen molar-refractivity contribution in [3.63, 3.8) is 0 Å². The highest BCUT2D eigenvalue weighted by Crippen LogP contribution is 2.20. The van der Waals surface area contributed by atoms with Crippen LogP contribution in [0, 0.1) is 0 Å². The Morgan fingerprint density at radius 3 is 1.96 bits per heavy atom. The number of anilines is 2. The Hall–Kier alpha value is -2.59. The van der Waals surface area contributed by atoms with Gasteiger partial charge in [0, 0.05) is 12.2 Å². The zero-order valence-corrected chi connectivity index (χ0v) is 16.4. The minimum absolute atomic E-state index is 0.0705. The lowest BCUT2D eigenvalue weighted by Crippen LogP contribution is -2.31. The Balaban J connectivity index is 2.14. The number of nitrogens with one attached hydrogen (secondary N) is 1. The minimum Gasteiger partial charge on any atom is -0.478 e. The second-order valence-electron chi connectivity index (χ2n) is 6.01. The summed E-state index contributed by atoms with van der Waals surface area (Å²) in [7, 11) is -6.92. The Bertz CT molecular complexity index is 1010. The summed E-state index contributed by atoms with van der Waals surface area (Å²) < 4.78 is 50.2. The maximum Gasteiger partial charge on any atom is 0.335 e. The third-order valence-corrected chi connectivity index (χ3v) is 5.46. The number of carbonyl (C=O) groups is 1. The van der Waals surface area contributed by atoms with E-state index in [9.17, 15) is 21.6 Å². The van der Waals surface area contributed by atoms with E-state index in [-0.39, 0.29) is 12.1 Å². The largest absolute Gasteiger partial charge is 0.478 e. The molecule has 146 valence electrons. The highest BCUT2D eigenvalue weighted by molar-refractivity contribution is 7.92. The average molecular weight is 412 g/mol. The number of sulfonamides is 2. The molecular weight excluding hydrogens is 392 g/mol. The molecule has 0 aromatic heterocycles. The Labute approximate surface area is 158 Å². The van der Waals surface area contributed by atoms with Crippen LogP contribution in [0.2, 0.25) is 0 Å². The van der Waals surface area contributed by atoms with Gasteiger partial charge in [-0.3, -0.25) is 9.03 Å². The highest BCUT2D eigenvalue weighted by atomic mass is 32.2. The number of aromatic carboxylic acids is 1. The molecule has 0 atom stereocenters. The zero-order valence-electron chi connectivity index (χ0n) is 14.8. The van der Waals surface area contributed by atoms with E-state index in [1.54, 1.807) is 24.3 Å². The van der Waals surface area contributed by atoms with Gasteiger partial charge in [-0.05, 0) is 48.4 Å². The van der Waals surface area contributed by atoms with E-state index in [4.69, 9.17) is 5.11 Å². The van der Waals surface area contributed by atoms with Crippen LogP contribution in [0.25, 0.3) is 0 Å². The fourth-order valence-corrected chi connectivity index (χ4v) is 3.93. The van der Waals surface area contributed by atoms with Crippen molar-refractivity contribution in [3.8, 4) is 0 Å². The standard InChI is InChI=1S/C17H20N2O6S2/c1-26(22,23)18-15-7-3-13(4-8-15)11-12-19(27(2,24)25)16-9-5-14(6-10-16)17(20)21/h3-10,18H,11-12H2,1-2H3,(H,20,21). The van der Waals surface area contributed by atoms with E-state index in [2.05, 4.69) is 4.72 Å². The summed E-state index contributed by atoms with van der Waals surface area (Å²) >= 11 is 0. The summed E-state index contributed by atoms with van der Waals surface area (Å²) in [5, 5.41) is 8.94. The summed E-state index contributed by atoms with van der Waals surface area (Å²) in [6.45, 7) is 0.157. The Morgan fingerprint density at radius 1 is 0.963 bits per heavy atom. The number of carboxylic acid groups (broad SMARTS) is 1. The van der Waals surface area contributed by atoms with Crippen LogP contribution >= 0.6 is 0 Å². The van der Waals surface area contributed by atoms with Gasteiger partial charge in [0.1, 0.15) is 0 Å². The maximum atomic E-state index is 12.1. The van der Waals surface area contributed by atoms with Crippen LogP contribution in [0.4, 0.5) is 11.4 Å². The SMILES string of the molecule is CS(=O)(=O)Nc1ccc(CCN(c2ccc(C(=O)O)cc2)S(C)(=O)=O)cc1. The fourth-order valence-electron chi connectivity index (χ4n) is 2.44. The molecule has 10 heteroatoms. The van der Waals surface area contributed by atoms with Crippen LogP contribution in [0.15, 0.2) is 48.5 Å². The molecule has 0 saturated heterocycles. The Kier molecular flexibility index (Phi) is 6.11. The molecule has 2 rings (SSSR count). The van der Waals surface area contributed by atoms with Crippen LogP contribution in [0.5, 0.6) is 0 Å². The van der Waals surface area contributed by atoms with Gasteiger partial charge >= 0.3 is 5.97 Å². The van der Waals surface area contributed by atoms with Crippen molar-refractivity contribution >= 4 is 37.4 Å². The number of nitrogens with zero attached hydrogens (tertiary/aromatic N) is 1. The van der Waals surface area contributed by atoms with E-state index < -0.39 is 26.0 Å². The monoisotopic (exact) mass is 412 g/mol. The first-order valence-corrected chi connectivity index (χ1v) is 11.6. The summed E-state index contributed by atoms with van der Waals surface area (Å²) in [4.78, 5) is 10.9. The maximum absolute atomic E-state index is 12.1. The fraction of sp³-hybridized carbons (Fsp3) is 0.235. The van der Waals surface area contributed by atoms with Gasteiger partial charge in [0.25, 0.3) is 0 Å². The van der Waals surface area contributed by atoms with Crippen molar-refractivity contribution in [1.29, 1.82) is 0 Å². The number of hydrogen-bond acceptors (Lipinski definition) is 5. The lowest BCUT2D eigenvalue weighted by molar-refractivity contribution is 0.0697. The normalized spacial score (nSPS) is 11.8. The molecule has 2 N–H and O–H groups in total. The molecule has 0 amide bonds. The molecule has 0 radical (unpaired) electrons. The summed E-state index contributed by atoms with van der Waals surface area (Å²) in [5.74, 6) is -1.09. The second kappa shape index (κ2) is 7.97. The number of carboxylic acids is 1. The molecule has 8 nitrogen and oxygen atoms in total. The summed E-state index contributed by atoms with van der Waals surface area (Å²) in [6, 6.07) is 12.2. The van der Waals surface area contributed by atoms with Crippen molar-refractivity contribution in [2.24, 2.45) is 0 Å². The first kappa shape index (κ1) is 20.7. The van der Waals surface area contributed by atoms with Gasteiger partial charge in [-0.25, -0.2) is 21.6 Å². The molecule has 0 bridgehead atoms. The van der Waals surface area contributed by atoms with Crippen LogP contribution in [-0.2, 0) is 26.5 Å². The van der Waals surface area contributed by atoms with Crippen molar-refractivity contribution in [1.82, 2.24) is 0 Å². The summed E-state index contributed by atoms with van der Waals surface area (Å²) in [6.07, 6.45) is 2.53. The molecule has 2 aromatic carbocycles. The van der Waals surface area contributed by atoms with E-state index in [1.807, 2.05) is 0 Å². The van der Waals surface area contributed by atoms with Gasteiger partial charge in [-0.15, -0.1) is 0 Å². The molecule has 0 aliphatic carbocycles. The van der Waals surface area contributed by atoms with Crippen molar-refractivity contribution in [2.45, 2.75) is 6.42 Å². The number of rotatable bonds is 8. The van der Waals surface area contributed by atoms with E-state index in [0.717, 1.165) is 18.1 Å². The predicted octanol–water partition coefficient (Wildman–Crippen LogP) is 1.77.